The molecule has 1 N–H and O–H groups in total. The fourth-order valence-electron chi connectivity index (χ4n) is 2.32. The molecule has 0 atom stereocenters. The molecule has 0 radical (unpaired) electrons. The number of aromatic nitrogens is 1. The van der Waals surface area contributed by atoms with E-state index in [4.69, 9.17) is 4.74 Å². The molecule has 0 aliphatic carbocycles. The molecule has 0 aliphatic rings. The van der Waals surface area contributed by atoms with Crippen LogP contribution in [0.25, 0.3) is 0 Å². The minimum atomic E-state index is -4.36. The van der Waals surface area contributed by atoms with Crippen molar-refractivity contribution in [1.29, 1.82) is 0 Å². The zero-order chi connectivity index (χ0) is 23.6. The fraction of sp³-hybridized carbons (Fsp3) is 0.391. The molecule has 0 bridgehead atoms. The van der Waals surface area contributed by atoms with Crippen molar-refractivity contribution in [2.45, 2.75) is 53.6 Å². The van der Waals surface area contributed by atoms with E-state index in [1.807, 2.05) is 26.8 Å². The Morgan fingerprint density at radius 3 is 2.32 bits per heavy atom. The lowest BCUT2D eigenvalue weighted by Crippen LogP contribution is -2.14. The van der Waals surface area contributed by atoms with Crippen LogP contribution >= 0.6 is 11.3 Å². The average Bonchev–Trinajstić information content (AvgIpc) is 3.10. The Hall–Kier alpha value is -2.61. The normalized spacial score (nSPS) is 11.6. The van der Waals surface area contributed by atoms with E-state index in [1.54, 1.807) is 6.20 Å². The van der Waals surface area contributed by atoms with E-state index in [2.05, 4.69) is 30.7 Å². The van der Waals surface area contributed by atoms with Crippen LogP contribution in [-0.2, 0) is 22.1 Å². The lowest BCUT2D eigenvalue weighted by Gasteiger charge is -2.13. The monoisotopic (exact) mass is 454 g/mol. The average molecular weight is 455 g/mol. The van der Waals surface area contributed by atoms with Crippen molar-refractivity contribution >= 4 is 22.4 Å². The molecule has 1 aromatic carbocycles. The number of carbonyl (C=O) groups is 1. The Morgan fingerprint density at radius 1 is 1.29 bits per heavy atom. The van der Waals surface area contributed by atoms with Gasteiger partial charge in [-0.25, -0.2) is 4.98 Å². The van der Waals surface area contributed by atoms with Crippen molar-refractivity contribution in [2.75, 3.05) is 5.32 Å². The Labute approximate surface area is 185 Å². The number of amides is 1. The van der Waals surface area contributed by atoms with Crippen molar-refractivity contribution in [3.05, 3.63) is 70.6 Å². The minimum Gasteiger partial charge on any atom is -0.467 e. The van der Waals surface area contributed by atoms with Crippen LogP contribution in [0.1, 0.15) is 50.1 Å². The van der Waals surface area contributed by atoms with E-state index in [-0.39, 0.29) is 12.3 Å². The number of ether oxygens (including phenoxy) is 1. The maximum atomic E-state index is 12.4. The number of halogens is 3. The number of benzene rings is 1. The Kier molecular flexibility index (Phi) is 10.5. The molecule has 8 heteroatoms. The number of alkyl halides is 3. The van der Waals surface area contributed by atoms with Gasteiger partial charge in [0.1, 0.15) is 5.76 Å². The molecule has 31 heavy (non-hydrogen) atoms. The van der Waals surface area contributed by atoms with Gasteiger partial charge in [0.2, 0.25) is 5.91 Å². The van der Waals surface area contributed by atoms with Crippen LogP contribution in [0.5, 0.6) is 0 Å². The van der Waals surface area contributed by atoms with Gasteiger partial charge in [0.15, 0.2) is 5.13 Å². The number of nitrogens with zero attached hydrogens (tertiary/aromatic N) is 1. The third-order valence-corrected chi connectivity index (χ3v) is 4.85. The smallest absolute Gasteiger partial charge is 0.416 e. The standard InChI is InChI=1S/C13H11F3N2OS.C10H18O/c1-8-7-17-12(20-8)18-11(19)6-9-2-4-10(5-3-9)13(14,15)16;1-6-9(5)11-10(7-2)8(3)4/h2-5,7H,6H2,1H3,(H,17,18,19);7-8H,5-6H2,1-4H3/b;10-7-. The van der Waals surface area contributed by atoms with Crippen molar-refractivity contribution < 1.29 is 22.7 Å². The van der Waals surface area contributed by atoms with Gasteiger partial charge in [-0.3, -0.25) is 4.79 Å². The number of anilines is 1. The number of nitrogens with one attached hydrogen (secondary N) is 1. The Morgan fingerprint density at radius 2 is 1.90 bits per heavy atom. The van der Waals surface area contributed by atoms with E-state index in [9.17, 15) is 18.0 Å². The summed E-state index contributed by atoms with van der Waals surface area (Å²) in [5.74, 6) is 1.99. The van der Waals surface area contributed by atoms with Gasteiger partial charge >= 0.3 is 6.18 Å². The second-order valence-electron chi connectivity index (χ2n) is 7.04. The van der Waals surface area contributed by atoms with E-state index in [0.29, 0.717) is 16.6 Å². The molecular weight excluding hydrogens is 425 g/mol. The predicted octanol–water partition coefficient (Wildman–Crippen LogP) is 7.14. The zero-order valence-corrected chi connectivity index (χ0v) is 19.3. The molecule has 1 amide bonds. The topological polar surface area (TPSA) is 51.2 Å². The zero-order valence-electron chi connectivity index (χ0n) is 18.5. The van der Waals surface area contributed by atoms with Crippen LogP contribution < -0.4 is 5.32 Å². The number of carbonyl (C=O) groups excluding carboxylic acids is 1. The molecule has 170 valence electrons. The molecule has 1 aromatic heterocycles. The predicted molar refractivity (Wildman–Crippen MR) is 120 cm³/mol. The van der Waals surface area contributed by atoms with Crippen LogP contribution in [0.2, 0.25) is 0 Å². The van der Waals surface area contributed by atoms with Gasteiger partial charge in [0.05, 0.1) is 17.7 Å². The highest BCUT2D eigenvalue weighted by Gasteiger charge is 2.29. The molecule has 4 nitrogen and oxygen atoms in total. The Balaban J connectivity index is 0.000000373. The molecule has 0 fully saturated rings. The summed E-state index contributed by atoms with van der Waals surface area (Å²) in [7, 11) is 0. The number of allylic oxidation sites excluding steroid dienone is 3. The summed E-state index contributed by atoms with van der Waals surface area (Å²) in [6.07, 6.45) is 0.157. The van der Waals surface area contributed by atoms with Crippen LogP contribution in [-0.4, -0.2) is 10.9 Å². The first kappa shape index (κ1) is 26.4. The van der Waals surface area contributed by atoms with Gasteiger partial charge in [-0.15, -0.1) is 11.3 Å². The molecule has 0 unspecified atom stereocenters. The van der Waals surface area contributed by atoms with Gasteiger partial charge in [-0.2, -0.15) is 13.2 Å². The first-order chi connectivity index (χ1) is 14.5. The number of aryl methyl sites for hydroxylation is 1. The molecule has 2 aromatic rings. The number of hydrogen-bond acceptors (Lipinski definition) is 4. The maximum absolute atomic E-state index is 12.4. The first-order valence-corrected chi connectivity index (χ1v) is 10.7. The number of rotatable bonds is 7. The Bertz CT molecular complexity index is 885. The minimum absolute atomic E-state index is 0.0107. The van der Waals surface area contributed by atoms with Crippen LogP contribution in [0.4, 0.5) is 18.3 Å². The lowest BCUT2D eigenvalue weighted by molar-refractivity contribution is -0.137. The van der Waals surface area contributed by atoms with Crippen molar-refractivity contribution in [2.24, 2.45) is 5.92 Å². The molecular formula is C23H29F3N2O2S. The summed E-state index contributed by atoms with van der Waals surface area (Å²) in [5, 5.41) is 3.09. The summed E-state index contributed by atoms with van der Waals surface area (Å²) in [6, 6.07) is 4.54. The highest BCUT2D eigenvalue weighted by Crippen LogP contribution is 2.29. The van der Waals surface area contributed by atoms with Crippen molar-refractivity contribution in [3.8, 4) is 0 Å². The largest absolute Gasteiger partial charge is 0.467 e. The second kappa shape index (κ2) is 12.3. The molecule has 0 aliphatic heterocycles. The van der Waals surface area contributed by atoms with E-state index >= 15 is 0 Å². The maximum Gasteiger partial charge on any atom is 0.416 e. The summed E-state index contributed by atoms with van der Waals surface area (Å²) in [5.41, 5.74) is -0.207. The summed E-state index contributed by atoms with van der Waals surface area (Å²) < 4.78 is 42.6. The van der Waals surface area contributed by atoms with Crippen LogP contribution in [0.3, 0.4) is 0 Å². The van der Waals surface area contributed by atoms with E-state index in [1.165, 1.54) is 23.5 Å². The third-order valence-electron chi connectivity index (χ3n) is 4.02. The quantitative estimate of drug-likeness (QED) is 0.453. The molecule has 0 saturated carbocycles. The van der Waals surface area contributed by atoms with Gasteiger partial charge < -0.3 is 10.1 Å². The molecule has 2 rings (SSSR count). The van der Waals surface area contributed by atoms with E-state index in [0.717, 1.165) is 34.9 Å². The molecule has 0 saturated heterocycles. The molecule has 0 spiro atoms. The second-order valence-corrected chi connectivity index (χ2v) is 8.27. The van der Waals surface area contributed by atoms with Crippen LogP contribution in [0.15, 0.2) is 54.6 Å². The fourth-order valence-corrected chi connectivity index (χ4v) is 3.00. The van der Waals surface area contributed by atoms with Crippen molar-refractivity contribution in [3.63, 3.8) is 0 Å². The van der Waals surface area contributed by atoms with Crippen LogP contribution in [0, 0.1) is 12.8 Å². The van der Waals surface area contributed by atoms with E-state index < -0.39 is 11.7 Å². The molecule has 1 heterocycles. The SMILES string of the molecule is C=C(CC)O/C(=C\C)C(C)C.Cc1cnc(NC(=O)Cc2ccc(C(F)(F)F)cc2)s1. The third kappa shape index (κ3) is 9.83. The van der Waals surface area contributed by atoms with Crippen molar-refractivity contribution in [1.82, 2.24) is 4.98 Å². The number of hydrogen-bond donors (Lipinski definition) is 1. The van der Waals surface area contributed by atoms with Gasteiger partial charge in [0.25, 0.3) is 0 Å². The summed E-state index contributed by atoms with van der Waals surface area (Å²) >= 11 is 1.34. The van der Waals surface area contributed by atoms with Gasteiger partial charge in [-0.1, -0.05) is 39.5 Å². The summed E-state index contributed by atoms with van der Waals surface area (Å²) in [6.45, 7) is 13.9. The van der Waals surface area contributed by atoms with Gasteiger partial charge in [0, 0.05) is 23.4 Å². The summed E-state index contributed by atoms with van der Waals surface area (Å²) in [4.78, 5) is 16.7. The highest BCUT2D eigenvalue weighted by atomic mass is 32.1. The highest BCUT2D eigenvalue weighted by molar-refractivity contribution is 7.15. The van der Waals surface area contributed by atoms with Gasteiger partial charge in [-0.05, 0) is 37.6 Å². The lowest BCUT2D eigenvalue weighted by atomic mass is 10.1. The first-order valence-electron chi connectivity index (χ1n) is 9.86. The number of thiazole rings is 1.